The summed E-state index contributed by atoms with van der Waals surface area (Å²) in [6.07, 6.45) is 5.32. The molecule has 1 saturated heterocycles. The normalized spacial score (nSPS) is 24.4. The molecule has 0 aromatic heterocycles. The third-order valence-corrected chi connectivity index (χ3v) is 7.90. The molecule has 5 rings (SSSR count). The van der Waals surface area contributed by atoms with Crippen molar-refractivity contribution < 1.29 is 4.74 Å². The maximum atomic E-state index is 6.62. The van der Waals surface area contributed by atoms with Crippen LogP contribution in [0.2, 0.25) is 0 Å². The lowest BCUT2D eigenvalue weighted by atomic mass is 9.86. The number of benzene rings is 3. The fourth-order valence-corrected chi connectivity index (χ4v) is 6.09. The van der Waals surface area contributed by atoms with Gasteiger partial charge in [-0.2, -0.15) is 0 Å². The van der Waals surface area contributed by atoms with E-state index in [4.69, 9.17) is 4.74 Å². The fraction of sp³-hybridized carbons (Fsp3) is 0.419. The molecule has 0 bridgehead atoms. The average Bonchev–Trinajstić information content (AvgIpc) is 3.28. The Bertz CT molecular complexity index is 972. The average molecular weight is 476 g/mol. The minimum atomic E-state index is 0. The summed E-state index contributed by atoms with van der Waals surface area (Å²) in [5.74, 6) is 1.97. The molecule has 4 unspecified atom stereocenters. The van der Waals surface area contributed by atoms with Crippen molar-refractivity contribution in [3.05, 3.63) is 108 Å². The number of ether oxygens (including phenoxy) is 1. The molecule has 1 saturated carbocycles. The smallest absolute Gasteiger partial charge is 0.0800 e. The van der Waals surface area contributed by atoms with Crippen molar-refractivity contribution in [3.8, 4) is 0 Å². The van der Waals surface area contributed by atoms with E-state index in [1.54, 1.807) is 0 Å². The first-order valence-corrected chi connectivity index (χ1v) is 12.8. The van der Waals surface area contributed by atoms with Gasteiger partial charge in [-0.15, -0.1) is 12.4 Å². The molecule has 34 heavy (non-hydrogen) atoms. The van der Waals surface area contributed by atoms with Gasteiger partial charge in [0.1, 0.15) is 0 Å². The first-order chi connectivity index (χ1) is 16.3. The summed E-state index contributed by atoms with van der Waals surface area (Å²) in [5, 5.41) is 0. The van der Waals surface area contributed by atoms with Gasteiger partial charge in [-0.05, 0) is 80.1 Å². The summed E-state index contributed by atoms with van der Waals surface area (Å²) in [7, 11) is 0. The van der Waals surface area contributed by atoms with Crippen LogP contribution in [0.5, 0.6) is 0 Å². The van der Waals surface area contributed by atoms with Gasteiger partial charge in [0.25, 0.3) is 0 Å². The molecule has 2 fully saturated rings. The van der Waals surface area contributed by atoms with Crippen LogP contribution in [0.3, 0.4) is 0 Å². The molecule has 3 aromatic rings. The van der Waals surface area contributed by atoms with E-state index in [-0.39, 0.29) is 18.5 Å². The highest BCUT2D eigenvalue weighted by molar-refractivity contribution is 5.85. The summed E-state index contributed by atoms with van der Waals surface area (Å²) >= 11 is 0. The van der Waals surface area contributed by atoms with Crippen LogP contribution in [0.25, 0.3) is 0 Å². The Morgan fingerprint density at radius 1 is 0.765 bits per heavy atom. The van der Waals surface area contributed by atoms with Gasteiger partial charge in [0.05, 0.1) is 12.2 Å². The summed E-state index contributed by atoms with van der Waals surface area (Å²) in [6.45, 7) is 5.82. The lowest BCUT2D eigenvalue weighted by molar-refractivity contribution is -0.00248. The molecule has 4 atom stereocenters. The summed E-state index contributed by atoms with van der Waals surface area (Å²) < 4.78 is 6.62. The lowest BCUT2D eigenvalue weighted by Gasteiger charge is -2.35. The Kier molecular flexibility index (Phi) is 8.83. The van der Waals surface area contributed by atoms with Crippen LogP contribution in [-0.2, 0) is 4.74 Å². The number of hydrogen-bond acceptors (Lipinski definition) is 2. The first kappa shape index (κ1) is 25.0. The molecule has 1 aliphatic carbocycles. The molecule has 1 heterocycles. The predicted molar refractivity (Wildman–Crippen MR) is 144 cm³/mol. The Hall–Kier alpha value is -2.13. The standard InChI is InChI=1S/C31H37NO.ClH/c1-24(25-11-5-2-6-12-25)33-30-21-29(31(22-30)28-15-9-4-10-16-28)23-32-19-17-27(18-20-32)26-13-7-3-8-14-26;/h2-16,24,27,29-31H,17-23H2,1H3;1H. The molecular weight excluding hydrogens is 438 g/mol. The van der Waals surface area contributed by atoms with Gasteiger partial charge >= 0.3 is 0 Å². The molecule has 2 nitrogen and oxygen atoms in total. The molecule has 3 aromatic carbocycles. The van der Waals surface area contributed by atoms with Crippen LogP contribution in [0.15, 0.2) is 91.0 Å². The highest BCUT2D eigenvalue weighted by atomic mass is 35.5. The summed E-state index contributed by atoms with van der Waals surface area (Å²) in [4.78, 5) is 2.73. The number of likely N-dealkylation sites (tertiary alicyclic amines) is 1. The van der Waals surface area contributed by atoms with E-state index in [1.807, 2.05) is 0 Å². The summed E-state index contributed by atoms with van der Waals surface area (Å²) in [5.41, 5.74) is 4.28. The molecule has 0 amide bonds. The monoisotopic (exact) mass is 475 g/mol. The van der Waals surface area contributed by atoms with Crippen molar-refractivity contribution in [1.82, 2.24) is 4.90 Å². The lowest BCUT2D eigenvalue weighted by Crippen LogP contribution is -2.37. The van der Waals surface area contributed by atoms with Crippen LogP contribution in [0.1, 0.15) is 67.2 Å². The molecule has 1 aliphatic heterocycles. The van der Waals surface area contributed by atoms with E-state index in [0.717, 1.165) is 18.8 Å². The minimum Gasteiger partial charge on any atom is -0.371 e. The van der Waals surface area contributed by atoms with Crippen molar-refractivity contribution in [2.75, 3.05) is 19.6 Å². The van der Waals surface area contributed by atoms with Gasteiger partial charge in [0.15, 0.2) is 0 Å². The van der Waals surface area contributed by atoms with Crippen LogP contribution in [0, 0.1) is 5.92 Å². The van der Waals surface area contributed by atoms with E-state index in [1.165, 1.54) is 49.2 Å². The number of nitrogens with zero attached hydrogens (tertiary/aromatic N) is 1. The number of rotatable bonds is 7. The van der Waals surface area contributed by atoms with E-state index in [0.29, 0.717) is 17.9 Å². The maximum Gasteiger partial charge on any atom is 0.0800 e. The topological polar surface area (TPSA) is 12.5 Å². The molecule has 0 spiro atoms. The van der Waals surface area contributed by atoms with Crippen molar-refractivity contribution in [3.63, 3.8) is 0 Å². The van der Waals surface area contributed by atoms with Crippen molar-refractivity contribution >= 4 is 12.4 Å². The zero-order valence-electron chi connectivity index (χ0n) is 20.3. The van der Waals surface area contributed by atoms with Crippen LogP contribution in [-0.4, -0.2) is 30.6 Å². The fourth-order valence-electron chi connectivity index (χ4n) is 6.09. The zero-order chi connectivity index (χ0) is 22.5. The zero-order valence-corrected chi connectivity index (χ0v) is 21.1. The second-order valence-electron chi connectivity index (χ2n) is 10.0. The van der Waals surface area contributed by atoms with Crippen LogP contribution < -0.4 is 0 Å². The van der Waals surface area contributed by atoms with Crippen molar-refractivity contribution in [2.24, 2.45) is 5.92 Å². The van der Waals surface area contributed by atoms with Gasteiger partial charge in [-0.25, -0.2) is 0 Å². The third kappa shape index (κ3) is 6.10. The van der Waals surface area contributed by atoms with Crippen molar-refractivity contribution in [2.45, 2.75) is 56.7 Å². The predicted octanol–water partition coefficient (Wildman–Crippen LogP) is 7.63. The quantitative estimate of drug-likeness (QED) is 0.348. The van der Waals surface area contributed by atoms with Crippen LogP contribution in [0.4, 0.5) is 0 Å². The van der Waals surface area contributed by atoms with Gasteiger partial charge < -0.3 is 9.64 Å². The molecule has 180 valence electrons. The van der Waals surface area contributed by atoms with E-state index >= 15 is 0 Å². The van der Waals surface area contributed by atoms with E-state index in [2.05, 4.69) is 103 Å². The molecular formula is C31H38ClNO. The van der Waals surface area contributed by atoms with Gasteiger partial charge in [-0.3, -0.25) is 0 Å². The van der Waals surface area contributed by atoms with Gasteiger partial charge in [0, 0.05) is 6.54 Å². The summed E-state index contributed by atoms with van der Waals surface area (Å²) in [6, 6.07) is 32.9. The molecule has 0 N–H and O–H groups in total. The van der Waals surface area contributed by atoms with E-state index in [9.17, 15) is 0 Å². The third-order valence-electron chi connectivity index (χ3n) is 7.90. The largest absolute Gasteiger partial charge is 0.371 e. The second-order valence-corrected chi connectivity index (χ2v) is 10.0. The maximum absolute atomic E-state index is 6.62. The number of halogens is 1. The Morgan fingerprint density at radius 2 is 1.32 bits per heavy atom. The molecule has 2 aliphatic rings. The van der Waals surface area contributed by atoms with Crippen molar-refractivity contribution in [1.29, 1.82) is 0 Å². The minimum absolute atomic E-state index is 0. The Morgan fingerprint density at radius 3 is 1.94 bits per heavy atom. The SMILES string of the molecule is CC(OC1CC(CN2CCC(c3ccccc3)CC2)C(c2ccccc2)C1)c1ccccc1.Cl. The van der Waals surface area contributed by atoms with Crippen LogP contribution >= 0.6 is 12.4 Å². The Labute approximate surface area is 211 Å². The highest BCUT2D eigenvalue weighted by Gasteiger charge is 2.38. The van der Waals surface area contributed by atoms with Gasteiger partial charge in [-0.1, -0.05) is 91.0 Å². The molecule has 0 radical (unpaired) electrons. The van der Waals surface area contributed by atoms with Gasteiger partial charge in [0.2, 0.25) is 0 Å². The highest BCUT2D eigenvalue weighted by Crippen LogP contribution is 2.43. The second kappa shape index (κ2) is 12.0. The first-order valence-electron chi connectivity index (χ1n) is 12.8. The van der Waals surface area contributed by atoms with E-state index < -0.39 is 0 Å². The number of piperidine rings is 1. The molecule has 3 heteroatoms. The Balaban J connectivity index is 0.00000274. The number of hydrogen-bond donors (Lipinski definition) is 0.